The van der Waals surface area contributed by atoms with Crippen LogP contribution in [0.25, 0.3) is 0 Å². The first kappa shape index (κ1) is 23.2. The monoisotopic (exact) mass is 484 g/mol. The Hall–Kier alpha value is -1.97. The molecule has 0 aliphatic carbocycles. The minimum Gasteiger partial charge on any atom is -0.353 e. The first-order valence-electron chi connectivity index (χ1n) is 10.5. The van der Waals surface area contributed by atoms with Crippen LogP contribution in [0.1, 0.15) is 18.9 Å². The van der Waals surface area contributed by atoms with Gasteiger partial charge in [-0.1, -0.05) is 30.7 Å². The standard InChI is InChI=1S/C22H24ClF3N4OS/c1-15-6-7-30(18-4-2-3-5-19(18)32-15)20(31)14-28-8-10-29(11-9-28)21-17(23)12-16(13-27-21)22(24,25)26/h2-5,12-13,15H,6-11,14H2,1H3. The van der Waals surface area contributed by atoms with Crippen LogP contribution < -0.4 is 9.80 Å². The van der Waals surface area contributed by atoms with E-state index in [1.54, 1.807) is 11.8 Å². The number of alkyl halides is 3. The Balaban J connectivity index is 1.38. The third kappa shape index (κ3) is 5.15. The summed E-state index contributed by atoms with van der Waals surface area (Å²) < 4.78 is 38.6. The molecule has 1 fully saturated rings. The fraction of sp³-hybridized carbons (Fsp3) is 0.455. The van der Waals surface area contributed by atoms with Gasteiger partial charge in [0.1, 0.15) is 5.82 Å². The number of anilines is 2. The largest absolute Gasteiger partial charge is 0.417 e. The first-order valence-corrected chi connectivity index (χ1v) is 11.7. The summed E-state index contributed by atoms with van der Waals surface area (Å²) in [6.07, 6.45) is -2.74. The quantitative estimate of drug-likeness (QED) is 0.626. The van der Waals surface area contributed by atoms with Gasteiger partial charge in [-0.15, -0.1) is 11.8 Å². The van der Waals surface area contributed by atoms with Gasteiger partial charge in [0.15, 0.2) is 0 Å². The number of carbonyl (C=O) groups is 1. The smallest absolute Gasteiger partial charge is 0.353 e. The van der Waals surface area contributed by atoms with E-state index in [2.05, 4.69) is 22.9 Å². The second kappa shape index (κ2) is 9.49. The molecule has 1 aromatic carbocycles. The molecule has 4 rings (SSSR count). The Morgan fingerprint density at radius 3 is 2.59 bits per heavy atom. The van der Waals surface area contributed by atoms with Crippen LogP contribution in [0.2, 0.25) is 5.02 Å². The predicted octanol–water partition coefficient (Wildman–Crippen LogP) is 4.79. The van der Waals surface area contributed by atoms with Crippen molar-refractivity contribution in [1.82, 2.24) is 9.88 Å². The van der Waals surface area contributed by atoms with Gasteiger partial charge in [0.05, 0.1) is 22.8 Å². The van der Waals surface area contributed by atoms with E-state index >= 15 is 0 Å². The van der Waals surface area contributed by atoms with Gasteiger partial charge in [-0.2, -0.15) is 13.2 Å². The average Bonchev–Trinajstić information content (AvgIpc) is 2.92. The maximum Gasteiger partial charge on any atom is 0.417 e. The summed E-state index contributed by atoms with van der Waals surface area (Å²) in [5, 5.41) is 0.427. The third-order valence-electron chi connectivity index (χ3n) is 5.72. The van der Waals surface area contributed by atoms with Crippen LogP contribution in [-0.4, -0.2) is 60.3 Å². The SMILES string of the molecule is CC1CCN(C(=O)CN2CCN(c3ncc(C(F)(F)F)cc3Cl)CC2)c2ccccc2S1. The lowest BCUT2D eigenvalue weighted by atomic mass is 10.2. The van der Waals surface area contributed by atoms with E-state index in [0.717, 1.165) is 29.3 Å². The van der Waals surface area contributed by atoms with Crippen molar-refractivity contribution in [3.05, 3.63) is 47.1 Å². The summed E-state index contributed by atoms with van der Waals surface area (Å²) in [7, 11) is 0. The van der Waals surface area contributed by atoms with Crippen LogP contribution in [-0.2, 0) is 11.0 Å². The van der Waals surface area contributed by atoms with Gasteiger partial charge in [-0.25, -0.2) is 4.98 Å². The lowest BCUT2D eigenvalue weighted by molar-refractivity contribution is -0.137. The van der Waals surface area contributed by atoms with Crippen molar-refractivity contribution in [1.29, 1.82) is 0 Å². The van der Waals surface area contributed by atoms with E-state index < -0.39 is 11.7 Å². The minimum absolute atomic E-state index is 0.0165. The van der Waals surface area contributed by atoms with Crippen LogP contribution in [0, 0.1) is 0 Å². The van der Waals surface area contributed by atoms with E-state index in [-0.39, 0.29) is 10.9 Å². The molecule has 1 amide bonds. The number of piperazine rings is 1. The van der Waals surface area contributed by atoms with Crippen molar-refractivity contribution in [2.45, 2.75) is 29.7 Å². The molecular formula is C22H24ClF3N4OS. The molecule has 0 saturated carbocycles. The molecule has 0 N–H and O–H groups in total. The minimum atomic E-state index is -4.48. The normalized spacial score (nSPS) is 20.1. The van der Waals surface area contributed by atoms with Crippen molar-refractivity contribution in [2.24, 2.45) is 0 Å². The molecule has 2 aromatic rings. The average molecular weight is 485 g/mol. The number of aromatic nitrogens is 1. The number of hydrogen-bond donors (Lipinski definition) is 0. The van der Waals surface area contributed by atoms with Gasteiger partial charge in [0.2, 0.25) is 5.91 Å². The molecule has 1 saturated heterocycles. The zero-order chi connectivity index (χ0) is 22.9. The number of pyridine rings is 1. The Labute approximate surface area is 194 Å². The number of amides is 1. The molecule has 1 aromatic heterocycles. The number of rotatable bonds is 3. The van der Waals surface area contributed by atoms with Gasteiger partial charge >= 0.3 is 6.18 Å². The molecule has 1 unspecified atom stereocenters. The second-order valence-corrected chi connectivity index (χ2v) is 9.91. The molecule has 2 aliphatic heterocycles. The van der Waals surface area contributed by atoms with Gasteiger partial charge in [0.25, 0.3) is 0 Å². The molecule has 0 spiro atoms. The highest BCUT2D eigenvalue weighted by Gasteiger charge is 2.32. The van der Waals surface area contributed by atoms with Crippen LogP contribution in [0.5, 0.6) is 0 Å². The molecule has 2 aliphatic rings. The number of para-hydroxylation sites is 1. The number of benzene rings is 1. The molecule has 0 radical (unpaired) electrons. The Bertz CT molecular complexity index is 982. The molecule has 0 bridgehead atoms. The lowest BCUT2D eigenvalue weighted by Gasteiger charge is -2.36. The van der Waals surface area contributed by atoms with E-state index in [1.807, 2.05) is 28.0 Å². The fourth-order valence-electron chi connectivity index (χ4n) is 3.96. The first-order chi connectivity index (χ1) is 15.2. The summed E-state index contributed by atoms with van der Waals surface area (Å²) in [5.41, 5.74) is 0.104. The van der Waals surface area contributed by atoms with Crippen molar-refractivity contribution in [3.8, 4) is 0 Å². The van der Waals surface area contributed by atoms with Gasteiger partial charge < -0.3 is 9.80 Å². The second-order valence-electron chi connectivity index (χ2n) is 8.02. The number of halogens is 4. The maximum atomic E-state index is 13.1. The number of nitrogens with zero attached hydrogens (tertiary/aromatic N) is 4. The van der Waals surface area contributed by atoms with Crippen LogP contribution in [0.15, 0.2) is 41.4 Å². The Morgan fingerprint density at radius 2 is 1.91 bits per heavy atom. The van der Waals surface area contributed by atoms with Crippen molar-refractivity contribution in [3.63, 3.8) is 0 Å². The number of fused-ring (bicyclic) bond motifs is 1. The highest BCUT2D eigenvalue weighted by atomic mass is 35.5. The summed E-state index contributed by atoms with van der Waals surface area (Å²) in [4.78, 5) is 24.0. The van der Waals surface area contributed by atoms with Gasteiger partial charge in [0, 0.05) is 49.1 Å². The highest BCUT2D eigenvalue weighted by Crippen LogP contribution is 2.37. The number of carbonyl (C=O) groups excluding carboxylic acids is 1. The van der Waals surface area contributed by atoms with Gasteiger partial charge in [-0.3, -0.25) is 9.69 Å². The van der Waals surface area contributed by atoms with Crippen molar-refractivity contribution >= 4 is 40.8 Å². The zero-order valence-corrected chi connectivity index (χ0v) is 19.2. The van der Waals surface area contributed by atoms with E-state index in [9.17, 15) is 18.0 Å². The van der Waals surface area contributed by atoms with E-state index in [1.165, 1.54) is 0 Å². The lowest BCUT2D eigenvalue weighted by Crippen LogP contribution is -2.50. The summed E-state index contributed by atoms with van der Waals surface area (Å²) in [6.45, 7) is 5.44. The van der Waals surface area contributed by atoms with Crippen LogP contribution in [0.3, 0.4) is 0 Å². The van der Waals surface area contributed by atoms with Crippen LogP contribution >= 0.6 is 23.4 Å². The van der Waals surface area contributed by atoms with Crippen LogP contribution in [0.4, 0.5) is 24.7 Å². The third-order valence-corrected chi connectivity index (χ3v) is 7.24. The zero-order valence-electron chi connectivity index (χ0n) is 17.6. The van der Waals surface area contributed by atoms with Gasteiger partial charge in [-0.05, 0) is 24.6 Å². The molecule has 10 heteroatoms. The van der Waals surface area contributed by atoms with Crippen molar-refractivity contribution < 1.29 is 18.0 Å². The van der Waals surface area contributed by atoms with Crippen molar-refractivity contribution in [2.75, 3.05) is 49.1 Å². The number of hydrogen-bond acceptors (Lipinski definition) is 5. The Kier molecular flexibility index (Phi) is 6.88. The Morgan fingerprint density at radius 1 is 1.19 bits per heavy atom. The molecule has 1 atom stereocenters. The summed E-state index contributed by atoms with van der Waals surface area (Å²) >= 11 is 7.88. The van der Waals surface area contributed by atoms with E-state index in [0.29, 0.717) is 50.3 Å². The topological polar surface area (TPSA) is 39.7 Å². The molecular weight excluding hydrogens is 461 g/mol. The summed E-state index contributed by atoms with van der Waals surface area (Å²) in [6, 6.07) is 8.91. The summed E-state index contributed by atoms with van der Waals surface area (Å²) in [5.74, 6) is 0.407. The predicted molar refractivity (Wildman–Crippen MR) is 122 cm³/mol. The molecule has 172 valence electrons. The fourth-order valence-corrected chi connectivity index (χ4v) is 5.36. The molecule has 5 nitrogen and oxygen atoms in total. The van der Waals surface area contributed by atoms with E-state index in [4.69, 9.17) is 11.6 Å². The highest BCUT2D eigenvalue weighted by molar-refractivity contribution is 8.00. The molecule has 3 heterocycles. The molecule has 32 heavy (non-hydrogen) atoms. The maximum absolute atomic E-state index is 13.1. The number of thioether (sulfide) groups is 1.